The fourth-order valence-electron chi connectivity index (χ4n) is 2.46. The molecular weight excluding hydrogens is 481 g/mol. The zero-order valence-electron chi connectivity index (χ0n) is 16.9. The number of rotatable bonds is 12. The highest BCUT2D eigenvalue weighted by Gasteiger charge is 2.05. The van der Waals surface area contributed by atoms with E-state index in [1.165, 1.54) is 0 Å². The van der Waals surface area contributed by atoms with Gasteiger partial charge in [-0.05, 0) is 31.0 Å². The molecule has 3 N–H and O–H groups in total. The Kier molecular flexibility index (Phi) is 13.9. The molecule has 0 aliphatic heterocycles. The van der Waals surface area contributed by atoms with Gasteiger partial charge in [0, 0.05) is 13.1 Å². The lowest BCUT2D eigenvalue weighted by molar-refractivity contribution is 0.0331. The standard InChI is InChI=1S/C22H31N3O3.HI/c1-2-23-22(24-14-9-15-28-21-12-7-4-8-13-21)25-16-20(26)18-27-17-19-10-5-3-6-11-19;/h3-8,10-13,20,26H,2,9,14-18H2,1H3,(H2,23,24,25);1H. The number of para-hydroxylation sites is 1. The minimum atomic E-state index is -0.638. The van der Waals surface area contributed by atoms with Crippen molar-refractivity contribution >= 4 is 29.9 Å². The second-order valence-electron chi connectivity index (χ2n) is 6.32. The molecule has 1 atom stereocenters. The van der Waals surface area contributed by atoms with Crippen molar-refractivity contribution in [1.82, 2.24) is 10.6 Å². The van der Waals surface area contributed by atoms with Crippen LogP contribution >= 0.6 is 24.0 Å². The summed E-state index contributed by atoms with van der Waals surface area (Å²) in [6.45, 7) is 5.16. The first-order valence-corrected chi connectivity index (χ1v) is 9.77. The monoisotopic (exact) mass is 513 g/mol. The predicted molar refractivity (Wildman–Crippen MR) is 128 cm³/mol. The Morgan fingerprint density at radius 1 is 1.03 bits per heavy atom. The molecule has 7 heteroatoms. The smallest absolute Gasteiger partial charge is 0.191 e. The minimum Gasteiger partial charge on any atom is -0.494 e. The lowest BCUT2D eigenvalue weighted by Crippen LogP contribution is -2.39. The summed E-state index contributed by atoms with van der Waals surface area (Å²) in [7, 11) is 0. The van der Waals surface area contributed by atoms with Crippen LogP contribution in [0.25, 0.3) is 0 Å². The van der Waals surface area contributed by atoms with Crippen LogP contribution in [0.4, 0.5) is 0 Å². The molecule has 0 radical (unpaired) electrons. The Balaban J connectivity index is 0.00000420. The van der Waals surface area contributed by atoms with Gasteiger partial charge in [0.15, 0.2) is 5.96 Å². The van der Waals surface area contributed by atoms with Gasteiger partial charge < -0.3 is 25.2 Å². The Hall–Kier alpha value is -1.84. The second kappa shape index (κ2) is 16.0. The van der Waals surface area contributed by atoms with Crippen molar-refractivity contribution in [2.24, 2.45) is 4.99 Å². The minimum absolute atomic E-state index is 0. The maximum absolute atomic E-state index is 10.1. The molecule has 6 nitrogen and oxygen atoms in total. The second-order valence-corrected chi connectivity index (χ2v) is 6.32. The zero-order chi connectivity index (χ0) is 19.9. The molecule has 0 amide bonds. The average molecular weight is 513 g/mol. The van der Waals surface area contributed by atoms with Crippen LogP contribution in [-0.2, 0) is 11.3 Å². The van der Waals surface area contributed by atoms with Crippen molar-refractivity contribution < 1.29 is 14.6 Å². The number of nitrogens with zero attached hydrogens (tertiary/aromatic N) is 1. The van der Waals surface area contributed by atoms with Crippen LogP contribution in [0, 0.1) is 0 Å². The molecule has 29 heavy (non-hydrogen) atoms. The fraction of sp³-hybridized carbons (Fsp3) is 0.409. The first-order valence-electron chi connectivity index (χ1n) is 9.77. The van der Waals surface area contributed by atoms with E-state index in [0.29, 0.717) is 19.2 Å². The molecule has 0 aromatic heterocycles. The Morgan fingerprint density at radius 3 is 2.41 bits per heavy atom. The topological polar surface area (TPSA) is 75.1 Å². The number of aliphatic imine (C=N–C) groups is 1. The van der Waals surface area contributed by atoms with E-state index in [0.717, 1.165) is 30.8 Å². The molecule has 0 aliphatic rings. The van der Waals surface area contributed by atoms with Gasteiger partial charge in [-0.3, -0.25) is 4.99 Å². The summed E-state index contributed by atoms with van der Waals surface area (Å²) in [4.78, 5) is 4.42. The van der Waals surface area contributed by atoms with E-state index >= 15 is 0 Å². The molecule has 0 aliphatic carbocycles. The molecule has 0 fully saturated rings. The first kappa shape index (κ1) is 25.2. The molecule has 2 aromatic carbocycles. The average Bonchev–Trinajstić information content (AvgIpc) is 2.73. The molecule has 0 saturated heterocycles. The van der Waals surface area contributed by atoms with Gasteiger partial charge in [-0.15, -0.1) is 24.0 Å². The van der Waals surface area contributed by atoms with E-state index in [4.69, 9.17) is 9.47 Å². The van der Waals surface area contributed by atoms with Gasteiger partial charge in [0.05, 0.1) is 32.5 Å². The zero-order valence-corrected chi connectivity index (χ0v) is 19.3. The highest BCUT2D eigenvalue weighted by atomic mass is 127. The highest BCUT2D eigenvalue weighted by molar-refractivity contribution is 14.0. The SMILES string of the molecule is CCNC(=NCC(O)COCc1ccccc1)NCCCOc1ccccc1.I. The summed E-state index contributed by atoms with van der Waals surface area (Å²) in [5.74, 6) is 1.56. The van der Waals surface area contributed by atoms with Crippen molar-refractivity contribution in [3.05, 3.63) is 66.2 Å². The van der Waals surface area contributed by atoms with E-state index in [-0.39, 0.29) is 37.1 Å². The quantitative estimate of drug-likeness (QED) is 0.176. The van der Waals surface area contributed by atoms with Crippen LogP contribution in [-0.4, -0.2) is 50.0 Å². The first-order chi connectivity index (χ1) is 13.8. The van der Waals surface area contributed by atoms with Gasteiger partial charge in [-0.25, -0.2) is 0 Å². The predicted octanol–water partition coefficient (Wildman–Crippen LogP) is 3.21. The van der Waals surface area contributed by atoms with Gasteiger partial charge in [0.1, 0.15) is 5.75 Å². The molecule has 0 saturated carbocycles. The summed E-state index contributed by atoms with van der Waals surface area (Å²) in [5, 5.41) is 16.5. The number of aliphatic hydroxyl groups is 1. The van der Waals surface area contributed by atoms with E-state index in [9.17, 15) is 5.11 Å². The van der Waals surface area contributed by atoms with Gasteiger partial charge in [0.2, 0.25) is 0 Å². The number of nitrogens with one attached hydrogen (secondary N) is 2. The van der Waals surface area contributed by atoms with Gasteiger partial charge >= 0.3 is 0 Å². The van der Waals surface area contributed by atoms with E-state index < -0.39 is 6.10 Å². The lowest BCUT2D eigenvalue weighted by Gasteiger charge is -2.13. The summed E-state index contributed by atoms with van der Waals surface area (Å²) >= 11 is 0. The van der Waals surface area contributed by atoms with E-state index in [1.807, 2.05) is 67.6 Å². The number of hydrogen-bond acceptors (Lipinski definition) is 4. The number of ether oxygens (including phenoxy) is 2. The van der Waals surface area contributed by atoms with Crippen LogP contribution in [0.5, 0.6) is 5.75 Å². The number of halogens is 1. The molecule has 2 aromatic rings. The third kappa shape index (κ3) is 11.7. The van der Waals surface area contributed by atoms with Crippen molar-refractivity contribution in [1.29, 1.82) is 0 Å². The molecule has 0 bridgehead atoms. The third-order valence-electron chi connectivity index (χ3n) is 3.85. The molecule has 0 spiro atoms. The largest absolute Gasteiger partial charge is 0.494 e. The van der Waals surface area contributed by atoms with E-state index in [1.54, 1.807) is 0 Å². The van der Waals surface area contributed by atoms with Gasteiger partial charge in [-0.2, -0.15) is 0 Å². The van der Waals surface area contributed by atoms with E-state index in [2.05, 4.69) is 15.6 Å². The Morgan fingerprint density at radius 2 is 1.72 bits per heavy atom. The van der Waals surface area contributed by atoms with Crippen LogP contribution in [0.15, 0.2) is 65.7 Å². The molecule has 160 valence electrons. The lowest BCUT2D eigenvalue weighted by atomic mass is 10.2. The van der Waals surface area contributed by atoms with Crippen molar-refractivity contribution in [2.45, 2.75) is 26.1 Å². The van der Waals surface area contributed by atoms with Crippen molar-refractivity contribution in [3.8, 4) is 5.75 Å². The van der Waals surface area contributed by atoms with Crippen LogP contribution < -0.4 is 15.4 Å². The van der Waals surface area contributed by atoms with Gasteiger partial charge in [-0.1, -0.05) is 48.5 Å². The maximum Gasteiger partial charge on any atom is 0.191 e. The molecule has 2 rings (SSSR count). The van der Waals surface area contributed by atoms with Crippen molar-refractivity contribution in [3.63, 3.8) is 0 Å². The fourth-order valence-corrected chi connectivity index (χ4v) is 2.46. The van der Waals surface area contributed by atoms with Gasteiger partial charge in [0.25, 0.3) is 0 Å². The van der Waals surface area contributed by atoms with Crippen molar-refractivity contribution in [2.75, 3.05) is 32.8 Å². The number of aliphatic hydroxyl groups excluding tert-OH is 1. The summed E-state index contributed by atoms with van der Waals surface area (Å²) in [5.41, 5.74) is 1.09. The summed E-state index contributed by atoms with van der Waals surface area (Å²) in [6, 6.07) is 19.7. The van der Waals surface area contributed by atoms with Crippen LogP contribution in [0.2, 0.25) is 0 Å². The normalized spacial score (nSPS) is 12.0. The number of hydrogen-bond donors (Lipinski definition) is 3. The third-order valence-corrected chi connectivity index (χ3v) is 3.85. The Bertz CT molecular complexity index is 672. The maximum atomic E-state index is 10.1. The highest BCUT2D eigenvalue weighted by Crippen LogP contribution is 2.08. The van der Waals surface area contributed by atoms with Crippen LogP contribution in [0.3, 0.4) is 0 Å². The Labute approximate surface area is 190 Å². The molecule has 0 heterocycles. The summed E-state index contributed by atoms with van der Waals surface area (Å²) < 4.78 is 11.2. The number of guanidine groups is 1. The van der Waals surface area contributed by atoms with Crippen LogP contribution in [0.1, 0.15) is 18.9 Å². The summed E-state index contributed by atoms with van der Waals surface area (Å²) in [6.07, 6.45) is 0.211. The molecule has 1 unspecified atom stereocenters. The number of benzene rings is 2. The molecular formula is C22H32IN3O3.